The van der Waals surface area contributed by atoms with Gasteiger partial charge >= 0.3 is 0 Å². The van der Waals surface area contributed by atoms with Gasteiger partial charge in [0.2, 0.25) is 15.9 Å². The number of hydrogen-bond donors (Lipinski definition) is 0. The van der Waals surface area contributed by atoms with Crippen molar-refractivity contribution in [2.24, 2.45) is 5.92 Å². The molecule has 6 heteroatoms. The van der Waals surface area contributed by atoms with Gasteiger partial charge in [0, 0.05) is 26.7 Å². The lowest BCUT2D eigenvalue weighted by Crippen LogP contribution is -2.45. The van der Waals surface area contributed by atoms with Gasteiger partial charge in [0.25, 0.3) is 0 Å². The molecule has 1 amide bonds. The molecule has 1 atom stereocenters. The van der Waals surface area contributed by atoms with Crippen molar-refractivity contribution in [3.8, 4) is 0 Å². The van der Waals surface area contributed by atoms with E-state index in [-0.39, 0.29) is 18.4 Å². The third-order valence-corrected chi connectivity index (χ3v) is 7.19. The number of carbonyl (C=O) groups excluding carboxylic acids is 1. The molecule has 28 heavy (non-hydrogen) atoms. The summed E-state index contributed by atoms with van der Waals surface area (Å²) in [4.78, 5) is 14.9. The second-order valence-corrected chi connectivity index (χ2v) is 9.63. The Bertz CT molecular complexity index is 921. The molecular weight excluding hydrogens is 372 g/mol. The van der Waals surface area contributed by atoms with Crippen LogP contribution in [0.4, 0.5) is 0 Å². The predicted octanol–water partition coefficient (Wildman–Crippen LogP) is 3.36. The maximum atomic E-state index is 13.0. The highest BCUT2D eigenvalue weighted by Gasteiger charge is 2.34. The largest absolute Gasteiger partial charge is 0.341 e. The second-order valence-electron chi connectivity index (χ2n) is 7.70. The van der Waals surface area contributed by atoms with E-state index >= 15 is 0 Å². The van der Waals surface area contributed by atoms with Crippen LogP contribution in [0.5, 0.6) is 0 Å². The van der Waals surface area contributed by atoms with Crippen molar-refractivity contribution < 1.29 is 13.2 Å². The van der Waals surface area contributed by atoms with E-state index in [4.69, 9.17) is 0 Å². The van der Waals surface area contributed by atoms with Crippen LogP contribution in [0.25, 0.3) is 0 Å². The van der Waals surface area contributed by atoms with Crippen molar-refractivity contribution in [3.05, 3.63) is 65.2 Å². The molecule has 0 spiro atoms. The number of aryl methyl sites for hydroxylation is 2. The number of rotatable bonds is 5. The maximum Gasteiger partial charge on any atom is 0.243 e. The van der Waals surface area contributed by atoms with E-state index in [9.17, 15) is 13.2 Å². The molecule has 0 aliphatic carbocycles. The van der Waals surface area contributed by atoms with Crippen molar-refractivity contribution in [1.82, 2.24) is 9.21 Å². The number of sulfonamides is 1. The molecule has 1 heterocycles. The van der Waals surface area contributed by atoms with Gasteiger partial charge in [-0.05, 0) is 44.4 Å². The average Bonchev–Trinajstić information content (AvgIpc) is 2.69. The van der Waals surface area contributed by atoms with Crippen LogP contribution in [-0.4, -0.2) is 43.7 Å². The Balaban J connectivity index is 1.68. The van der Waals surface area contributed by atoms with Gasteiger partial charge in [-0.1, -0.05) is 47.5 Å². The molecule has 1 aliphatic rings. The minimum Gasteiger partial charge on any atom is -0.341 e. The first kappa shape index (κ1) is 20.6. The summed E-state index contributed by atoms with van der Waals surface area (Å²) < 4.78 is 27.4. The molecule has 2 aromatic carbocycles. The first-order chi connectivity index (χ1) is 13.3. The van der Waals surface area contributed by atoms with Crippen LogP contribution in [0, 0.1) is 19.8 Å². The number of amides is 1. The number of nitrogens with zero attached hydrogens (tertiary/aromatic N) is 2. The Morgan fingerprint density at radius 2 is 1.61 bits per heavy atom. The standard InChI is InChI=1S/C22H28N2O3S/c1-17-6-10-19(11-7-17)15-23(3)22(25)20-5-4-14-24(16-20)28(26,27)21-12-8-18(2)9-13-21/h6-13,20H,4-5,14-16H2,1-3H3. The third kappa shape index (κ3) is 4.62. The molecule has 0 N–H and O–H groups in total. The van der Waals surface area contributed by atoms with Gasteiger partial charge in [-0.3, -0.25) is 4.79 Å². The molecule has 2 aromatic rings. The summed E-state index contributed by atoms with van der Waals surface area (Å²) in [7, 11) is -1.78. The van der Waals surface area contributed by atoms with Gasteiger partial charge in [-0.25, -0.2) is 8.42 Å². The van der Waals surface area contributed by atoms with Crippen molar-refractivity contribution in [1.29, 1.82) is 0 Å². The summed E-state index contributed by atoms with van der Waals surface area (Å²) in [6, 6.07) is 15.0. The van der Waals surface area contributed by atoms with Gasteiger partial charge in [0.1, 0.15) is 0 Å². The molecule has 150 valence electrons. The van der Waals surface area contributed by atoms with Crippen LogP contribution in [0.3, 0.4) is 0 Å². The zero-order chi connectivity index (χ0) is 20.3. The topological polar surface area (TPSA) is 57.7 Å². The van der Waals surface area contributed by atoms with Crippen molar-refractivity contribution in [2.45, 2.75) is 38.1 Å². The highest BCUT2D eigenvalue weighted by atomic mass is 32.2. The van der Waals surface area contributed by atoms with E-state index in [0.717, 1.165) is 17.5 Å². The Hall–Kier alpha value is -2.18. The van der Waals surface area contributed by atoms with Gasteiger partial charge in [0.15, 0.2) is 0 Å². The van der Waals surface area contributed by atoms with E-state index in [0.29, 0.717) is 24.4 Å². The highest BCUT2D eigenvalue weighted by molar-refractivity contribution is 7.89. The molecule has 0 bridgehead atoms. The van der Waals surface area contributed by atoms with Crippen molar-refractivity contribution in [2.75, 3.05) is 20.1 Å². The second kappa shape index (κ2) is 8.45. The Morgan fingerprint density at radius 1 is 1.04 bits per heavy atom. The predicted molar refractivity (Wildman–Crippen MR) is 110 cm³/mol. The lowest BCUT2D eigenvalue weighted by Gasteiger charge is -2.33. The fraction of sp³-hybridized carbons (Fsp3) is 0.409. The van der Waals surface area contributed by atoms with Crippen LogP contribution in [0.2, 0.25) is 0 Å². The third-order valence-electron chi connectivity index (χ3n) is 5.31. The van der Waals surface area contributed by atoms with Crippen LogP contribution < -0.4 is 0 Å². The fourth-order valence-corrected chi connectivity index (χ4v) is 5.10. The van der Waals surface area contributed by atoms with Crippen LogP contribution in [-0.2, 0) is 21.4 Å². The van der Waals surface area contributed by atoms with Gasteiger partial charge in [0.05, 0.1) is 10.8 Å². The summed E-state index contributed by atoms with van der Waals surface area (Å²) in [5.74, 6) is -0.297. The van der Waals surface area contributed by atoms with E-state index in [1.807, 2.05) is 38.1 Å². The van der Waals surface area contributed by atoms with Gasteiger partial charge in [-0.2, -0.15) is 4.31 Å². The van der Waals surface area contributed by atoms with Gasteiger partial charge < -0.3 is 4.90 Å². The normalized spacial score (nSPS) is 18.0. The molecule has 0 radical (unpaired) electrons. The number of carbonyl (C=O) groups is 1. The zero-order valence-electron chi connectivity index (χ0n) is 16.8. The molecule has 3 rings (SSSR count). The van der Waals surface area contributed by atoms with E-state index < -0.39 is 10.0 Å². The Labute approximate surface area is 168 Å². The first-order valence-electron chi connectivity index (χ1n) is 9.65. The maximum absolute atomic E-state index is 13.0. The quantitative estimate of drug-likeness (QED) is 0.773. The van der Waals surface area contributed by atoms with Gasteiger partial charge in [-0.15, -0.1) is 0 Å². The Kier molecular flexibility index (Phi) is 6.20. The number of benzene rings is 2. The van der Waals surface area contributed by atoms with E-state index in [2.05, 4.69) is 0 Å². The first-order valence-corrected chi connectivity index (χ1v) is 11.1. The summed E-state index contributed by atoms with van der Waals surface area (Å²) in [6.45, 7) is 5.19. The lowest BCUT2D eigenvalue weighted by molar-refractivity contribution is -0.135. The fourth-order valence-electron chi connectivity index (χ4n) is 3.58. The highest BCUT2D eigenvalue weighted by Crippen LogP contribution is 2.25. The molecule has 1 aliphatic heterocycles. The average molecular weight is 401 g/mol. The molecule has 1 fully saturated rings. The van der Waals surface area contributed by atoms with E-state index in [1.165, 1.54) is 9.87 Å². The zero-order valence-corrected chi connectivity index (χ0v) is 17.6. The monoisotopic (exact) mass is 400 g/mol. The number of piperidine rings is 1. The number of hydrogen-bond acceptors (Lipinski definition) is 3. The van der Waals surface area contributed by atoms with Crippen molar-refractivity contribution >= 4 is 15.9 Å². The summed E-state index contributed by atoms with van der Waals surface area (Å²) in [5, 5.41) is 0. The minimum absolute atomic E-state index is 0.00406. The van der Waals surface area contributed by atoms with Crippen molar-refractivity contribution in [3.63, 3.8) is 0 Å². The summed E-state index contributed by atoms with van der Waals surface area (Å²) in [6.07, 6.45) is 1.41. The molecule has 0 saturated carbocycles. The molecule has 0 aromatic heterocycles. The minimum atomic E-state index is -3.57. The van der Waals surface area contributed by atoms with Crippen LogP contribution in [0.1, 0.15) is 29.5 Å². The molecule has 5 nitrogen and oxygen atoms in total. The smallest absolute Gasteiger partial charge is 0.243 e. The van der Waals surface area contributed by atoms with Crippen LogP contribution in [0.15, 0.2) is 53.4 Å². The molecule has 1 saturated heterocycles. The lowest BCUT2D eigenvalue weighted by atomic mass is 9.98. The summed E-state index contributed by atoms with van der Waals surface area (Å²) >= 11 is 0. The molecular formula is C22H28N2O3S. The van der Waals surface area contributed by atoms with E-state index in [1.54, 1.807) is 36.2 Å². The SMILES string of the molecule is Cc1ccc(CN(C)C(=O)C2CCCN(S(=O)(=O)c3ccc(C)cc3)C2)cc1. The Morgan fingerprint density at radius 3 is 2.21 bits per heavy atom. The summed E-state index contributed by atoms with van der Waals surface area (Å²) in [5.41, 5.74) is 3.27. The molecule has 1 unspecified atom stereocenters. The van der Waals surface area contributed by atoms with Crippen LogP contribution >= 0.6 is 0 Å².